The van der Waals surface area contributed by atoms with Crippen molar-refractivity contribution < 1.29 is 19.0 Å². The van der Waals surface area contributed by atoms with Crippen LogP contribution in [0.4, 0.5) is 0 Å². The molecular formula is C23H23NO4S2. The fourth-order valence-electron chi connectivity index (χ4n) is 2.73. The van der Waals surface area contributed by atoms with Crippen molar-refractivity contribution in [2.45, 2.75) is 6.42 Å². The van der Waals surface area contributed by atoms with Gasteiger partial charge < -0.3 is 14.2 Å². The van der Waals surface area contributed by atoms with Crippen LogP contribution in [0.3, 0.4) is 0 Å². The van der Waals surface area contributed by atoms with Crippen LogP contribution in [0.5, 0.6) is 17.2 Å². The molecule has 0 bridgehead atoms. The molecule has 1 fully saturated rings. The zero-order valence-corrected chi connectivity index (χ0v) is 18.3. The number of hydrogen-bond acceptors (Lipinski definition) is 6. The maximum Gasteiger partial charge on any atom is 0.266 e. The summed E-state index contributed by atoms with van der Waals surface area (Å²) in [5, 5.41) is 0. The van der Waals surface area contributed by atoms with Gasteiger partial charge in [0.2, 0.25) is 0 Å². The van der Waals surface area contributed by atoms with E-state index in [0.29, 0.717) is 29.0 Å². The number of carbonyl (C=O) groups excluding carboxylic acids is 1. The van der Waals surface area contributed by atoms with Crippen LogP contribution in [0.25, 0.3) is 6.08 Å². The van der Waals surface area contributed by atoms with Crippen molar-refractivity contribution in [3.8, 4) is 17.2 Å². The fraction of sp³-hybridized carbons (Fsp3) is 0.217. The van der Waals surface area contributed by atoms with E-state index >= 15 is 0 Å². The molecule has 0 aliphatic carbocycles. The summed E-state index contributed by atoms with van der Waals surface area (Å²) in [5.74, 6) is 2.23. The maximum atomic E-state index is 12.4. The average molecular weight is 442 g/mol. The zero-order valence-electron chi connectivity index (χ0n) is 16.7. The van der Waals surface area contributed by atoms with Gasteiger partial charge in [0.05, 0.1) is 25.2 Å². The van der Waals surface area contributed by atoms with Gasteiger partial charge in [-0.15, -0.1) is 6.58 Å². The lowest BCUT2D eigenvalue weighted by Crippen LogP contribution is -2.27. The molecule has 156 valence electrons. The third-order valence-electron chi connectivity index (χ3n) is 4.23. The Kier molecular flexibility index (Phi) is 7.93. The molecule has 1 aliphatic rings. The van der Waals surface area contributed by atoms with Gasteiger partial charge in [-0.2, -0.15) is 0 Å². The van der Waals surface area contributed by atoms with Crippen LogP contribution in [0, 0.1) is 0 Å². The van der Waals surface area contributed by atoms with Crippen LogP contribution in [0.2, 0.25) is 0 Å². The highest BCUT2D eigenvalue weighted by Gasteiger charge is 2.30. The smallest absolute Gasteiger partial charge is 0.266 e. The Labute approximate surface area is 186 Å². The van der Waals surface area contributed by atoms with E-state index in [0.717, 1.165) is 29.2 Å². The van der Waals surface area contributed by atoms with Crippen molar-refractivity contribution in [2.24, 2.45) is 0 Å². The van der Waals surface area contributed by atoms with Crippen molar-refractivity contribution >= 4 is 40.3 Å². The van der Waals surface area contributed by atoms with Crippen molar-refractivity contribution in [1.82, 2.24) is 4.90 Å². The van der Waals surface area contributed by atoms with E-state index in [4.69, 9.17) is 26.4 Å². The molecule has 5 nitrogen and oxygen atoms in total. The molecule has 0 saturated carbocycles. The summed E-state index contributed by atoms with van der Waals surface area (Å²) >= 11 is 6.56. The number of ether oxygens (including phenoxy) is 3. The molecule has 0 radical (unpaired) electrons. The summed E-state index contributed by atoms with van der Waals surface area (Å²) in [4.78, 5) is 14.5. The molecule has 3 rings (SSSR count). The first-order valence-electron chi connectivity index (χ1n) is 9.46. The minimum atomic E-state index is -0.0822. The Balaban J connectivity index is 1.45. The van der Waals surface area contributed by atoms with Gasteiger partial charge in [-0.3, -0.25) is 9.69 Å². The highest BCUT2D eigenvalue weighted by atomic mass is 32.2. The third kappa shape index (κ3) is 5.87. The van der Waals surface area contributed by atoms with Gasteiger partial charge in [0.1, 0.15) is 21.6 Å². The molecule has 0 unspecified atom stereocenters. The van der Waals surface area contributed by atoms with E-state index in [2.05, 4.69) is 6.58 Å². The van der Waals surface area contributed by atoms with Gasteiger partial charge in [0.15, 0.2) is 0 Å². The van der Waals surface area contributed by atoms with Gasteiger partial charge in [0.25, 0.3) is 5.91 Å². The minimum absolute atomic E-state index is 0.0822. The number of nitrogens with zero attached hydrogens (tertiary/aromatic N) is 1. The first-order valence-corrected chi connectivity index (χ1v) is 10.7. The van der Waals surface area contributed by atoms with Crippen LogP contribution in [-0.4, -0.2) is 42.0 Å². The molecule has 1 heterocycles. The lowest BCUT2D eigenvalue weighted by Gasteiger charge is -2.10. The summed E-state index contributed by atoms with van der Waals surface area (Å²) in [5.41, 5.74) is 0.919. The molecular weight excluding hydrogens is 418 g/mol. The first-order chi connectivity index (χ1) is 14.6. The number of thioether (sulfide) groups is 1. The normalized spacial score (nSPS) is 14.8. The number of rotatable bonds is 10. The highest BCUT2D eigenvalue weighted by molar-refractivity contribution is 8.26. The predicted molar refractivity (Wildman–Crippen MR) is 125 cm³/mol. The SMILES string of the molecule is C=CCN1C(=O)/C(=C\c2ccc(OCCCOc3cccc(OC)c3)cc2)SC1=S. The second-order valence-corrected chi connectivity index (χ2v) is 8.06. The highest BCUT2D eigenvalue weighted by Crippen LogP contribution is 2.32. The molecule has 1 aliphatic heterocycles. The molecule has 0 atom stereocenters. The lowest BCUT2D eigenvalue weighted by molar-refractivity contribution is -0.121. The van der Waals surface area contributed by atoms with Gasteiger partial charge >= 0.3 is 0 Å². The van der Waals surface area contributed by atoms with Gasteiger partial charge in [0, 0.05) is 19.0 Å². The molecule has 30 heavy (non-hydrogen) atoms. The number of carbonyl (C=O) groups is 1. The van der Waals surface area contributed by atoms with E-state index in [1.54, 1.807) is 18.1 Å². The van der Waals surface area contributed by atoms with Crippen LogP contribution < -0.4 is 14.2 Å². The molecule has 1 saturated heterocycles. The number of benzene rings is 2. The Morgan fingerprint density at radius 3 is 2.47 bits per heavy atom. The zero-order chi connectivity index (χ0) is 21.3. The average Bonchev–Trinajstić information content (AvgIpc) is 3.02. The molecule has 2 aromatic carbocycles. The standard InChI is InChI=1S/C23H23NO4S2/c1-3-12-24-22(25)21(30-23(24)29)15-17-8-10-18(11-9-17)27-13-5-14-28-20-7-4-6-19(16-20)26-2/h3-4,6-11,15-16H,1,5,12-14H2,2H3/b21-15+. The van der Waals surface area contributed by atoms with Crippen LogP contribution >= 0.6 is 24.0 Å². The lowest BCUT2D eigenvalue weighted by atomic mass is 10.2. The minimum Gasteiger partial charge on any atom is -0.497 e. The largest absolute Gasteiger partial charge is 0.497 e. The number of methoxy groups -OCH3 is 1. The summed E-state index contributed by atoms with van der Waals surface area (Å²) < 4.78 is 17.2. The van der Waals surface area contributed by atoms with Crippen molar-refractivity contribution in [1.29, 1.82) is 0 Å². The maximum absolute atomic E-state index is 12.4. The van der Waals surface area contributed by atoms with E-state index in [1.165, 1.54) is 11.8 Å². The number of thiocarbonyl (C=S) groups is 1. The Morgan fingerprint density at radius 2 is 1.77 bits per heavy atom. The van der Waals surface area contributed by atoms with E-state index in [1.807, 2.05) is 54.6 Å². The molecule has 1 amide bonds. The van der Waals surface area contributed by atoms with Gasteiger partial charge in [-0.05, 0) is 35.9 Å². The second kappa shape index (κ2) is 10.8. The van der Waals surface area contributed by atoms with E-state index in [9.17, 15) is 4.79 Å². The monoisotopic (exact) mass is 441 g/mol. The second-order valence-electron chi connectivity index (χ2n) is 6.38. The molecule has 0 N–H and O–H groups in total. The Hall–Kier alpha value is -2.77. The van der Waals surface area contributed by atoms with Gasteiger partial charge in [-0.1, -0.05) is 48.3 Å². The molecule has 0 spiro atoms. The van der Waals surface area contributed by atoms with Crippen molar-refractivity contribution in [2.75, 3.05) is 26.9 Å². The fourth-order valence-corrected chi connectivity index (χ4v) is 4.00. The summed E-state index contributed by atoms with van der Waals surface area (Å²) in [6.07, 6.45) is 4.26. The summed E-state index contributed by atoms with van der Waals surface area (Å²) in [7, 11) is 1.63. The van der Waals surface area contributed by atoms with E-state index in [-0.39, 0.29) is 5.91 Å². The van der Waals surface area contributed by atoms with Crippen LogP contribution in [0.15, 0.2) is 66.1 Å². The molecule has 0 aromatic heterocycles. The Bertz CT molecular complexity index is 940. The molecule has 2 aromatic rings. The van der Waals surface area contributed by atoms with Crippen LogP contribution in [-0.2, 0) is 4.79 Å². The van der Waals surface area contributed by atoms with Crippen LogP contribution in [0.1, 0.15) is 12.0 Å². The third-order valence-corrected chi connectivity index (χ3v) is 5.61. The number of amides is 1. The quantitative estimate of drug-likeness (QED) is 0.226. The van der Waals surface area contributed by atoms with E-state index < -0.39 is 0 Å². The number of hydrogen-bond donors (Lipinski definition) is 0. The molecule has 7 heteroatoms. The summed E-state index contributed by atoms with van der Waals surface area (Å²) in [6, 6.07) is 15.1. The topological polar surface area (TPSA) is 48.0 Å². The van der Waals surface area contributed by atoms with Gasteiger partial charge in [-0.25, -0.2) is 0 Å². The predicted octanol–water partition coefficient (Wildman–Crippen LogP) is 4.93. The Morgan fingerprint density at radius 1 is 1.07 bits per heavy atom. The van der Waals surface area contributed by atoms with Crippen molar-refractivity contribution in [3.05, 3.63) is 71.7 Å². The van der Waals surface area contributed by atoms with Crippen molar-refractivity contribution in [3.63, 3.8) is 0 Å². The summed E-state index contributed by atoms with van der Waals surface area (Å²) in [6.45, 7) is 5.19. The first kappa shape index (κ1) is 21.9.